The van der Waals surface area contributed by atoms with Crippen LogP contribution < -0.4 is 0 Å². The molecule has 120 valence electrons. The minimum absolute atomic E-state index is 0.0316. The van der Waals surface area contributed by atoms with Crippen LogP contribution in [-0.2, 0) is 4.74 Å². The van der Waals surface area contributed by atoms with Gasteiger partial charge in [-0.3, -0.25) is 4.90 Å². The lowest BCUT2D eigenvalue weighted by atomic mass is 9.86. The zero-order valence-corrected chi connectivity index (χ0v) is 13.3. The minimum Gasteiger partial charge on any atom is -0.393 e. The van der Waals surface area contributed by atoms with Gasteiger partial charge in [-0.2, -0.15) is 0 Å². The molecular formula is C18H31NO2. The van der Waals surface area contributed by atoms with E-state index in [-0.39, 0.29) is 11.7 Å². The Labute approximate surface area is 129 Å². The fraction of sp³-hybridized carbons (Fsp3) is 1.00. The molecule has 4 atom stereocenters. The average molecular weight is 293 g/mol. The van der Waals surface area contributed by atoms with E-state index in [1.807, 2.05) is 0 Å². The number of likely N-dealkylation sites (tertiary alicyclic amines) is 1. The van der Waals surface area contributed by atoms with Crippen molar-refractivity contribution < 1.29 is 9.84 Å². The number of rotatable bonds is 2. The highest BCUT2D eigenvalue weighted by Gasteiger charge is 2.46. The summed E-state index contributed by atoms with van der Waals surface area (Å²) in [6.07, 6.45) is 13.9. The number of ether oxygens (including phenoxy) is 1. The summed E-state index contributed by atoms with van der Waals surface area (Å²) < 4.78 is 6.22. The summed E-state index contributed by atoms with van der Waals surface area (Å²) in [6.45, 7) is 2.22. The average Bonchev–Trinajstić information content (AvgIpc) is 3.20. The van der Waals surface area contributed by atoms with Crippen molar-refractivity contribution in [3.05, 3.63) is 0 Å². The third-order valence-electron chi connectivity index (χ3n) is 6.82. The van der Waals surface area contributed by atoms with Crippen LogP contribution in [0.15, 0.2) is 0 Å². The maximum atomic E-state index is 10.3. The van der Waals surface area contributed by atoms with Crippen LogP contribution >= 0.6 is 0 Å². The lowest BCUT2D eigenvalue weighted by Gasteiger charge is -2.45. The third-order valence-corrected chi connectivity index (χ3v) is 6.82. The van der Waals surface area contributed by atoms with Crippen molar-refractivity contribution in [2.45, 2.75) is 94.4 Å². The first-order valence-corrected chi connectivity index (χ1v) is 9.35. The SMILES string of the molecule is OC1CCCC1C1CCCN1C1CCOC2(CCCC2)C1. The number of hydrogen-bond donors (Lipinski definition) is 1. The molecule has 3 nitrogen and oxygen atoms in total. The molecule has 0 amide bonds. The molecule has 21 heavy (non-hydrogen) atoms. The molecule has 2 aliphatic heterocycles. The largest absolute Gasteiger partial charge is 0.393 e. The van der Waals surface area contributed by atoms with Crippen LogP contribution in [0.1, 0.15) is 70.6 Å². The second kappa shape index (κ2) is 5.82. The van der Waals surface area contributed by atoms with E-state index in [2.05, 4.69) is 4.90 Å². The molecule has 0 bridgehead atoms. The Hall–Kier alpha value is -0.120. The van der Waals surface area contributed by atoms with Gasteiger partial charge in [0.15, 0.2) is 0 Å². The second-order valence-corrected chi connectivity index (χ2v) is 7.99. The highest BCUT2D eigenvalue weighted by molar-refractivity contribution is 4.99. The summed E-state index contributed by atoms with van der Waals surface area (Å²) in [4.78, 5) is 2.79. The summed E-state index contributed by atoms with van der Waals surface area (Å²) >= 11 is 0. The molecule has 0 aromatic carbocycles. The van der Waals surface area contributed by atoms with Crippen LogP contribution in [-0.4, -0.2) is 46.9 Å². The second-order valence-electron chi connectivity index (χ2n) is 7.99. The Morgan fingerprint density at radius 2 is 1.81 bits per heavy atom. The Morgan fingerprint density at radius 3 is 2.57 bits per heavy atom. The molecule has 4 rings (SSSR count). The summed E-state index contributed by atoms with van der Waals surface area (Å²) in [5.41, 5.74) is 0.227. The van der Waals surface area contributed by atoms with E-state index >= 15 is 0 Å². The van der Waals surface area contributed by atoms with E-state index in [0.29, 0.717) is 12.0 Å². The van der Waals surface area contributed by atoms with Crippen LogP contribution in [0.25, 0.3) is 0 Å². The van der Waals surface area contributed by atoms with Crippen molar-refractivity contribution in [1.82, 2.24) is 4.90 Å². The van der Waals surface area contributed by atoms with Gasteiger partial charge < -0.3 is 9.84 Å². The van der Waals surface area contributed by atoms with Gasteiger partial charge in [-0.1, -0.05) is 19.3 Å². The Morgan fingerprint density at radius 1 is 0.952 bits per heavy atom. The molecule has 2 saturated heterocycles. The zero-order chi connectivity index (χ0) is 14.3. The van der Waals surface area contributed by atoms with E-state index in [0.717, 1.165) is 19.1 Å². The van der Waals surface area contributed by atoms with Gasteiger partial charge in [-0.25, -0.2) is 0 Å². The topological polar surface area (TPSA) is 32.7 Å². The van der Waals surface area contributed by atoms with E-state index in [4.69, 9.17) is 4.74 Å². The first kappa shape index (κ1) is 14.5. The molecule has 4 unspecified atom stereocenters. The molecule has 3 heteroatoms. The van der Waals surface area contributed by atoms with E-state index < -0.39 is 0 Å². The summed E-state index contributed by atoms with van der Waals surface area (Å²) in [5.74, 6) is 0.551. The van der Waals surface area contributed by atoms with Gasteiger partial charge in [0.25, 0.3) is 0 Å². The van der Waals surface area contributed by atoms with Gasteiger partial charge >= 0.3 is 0 Å². The lowest BCUT2D eigenvalue weighted by molar-refractivity contribution is -0.107. The fourth-order valence-electron chi connectivity index (χ4n) is 5.80. The molecule has 4 fully saturated rings. The van der Waals surface area contributed by atoms with Crippen LogP contribution in [0, 0.1) is 5.92 Å². The van der Waals surface area contributed by atoms with Crippen molar-refractivity contribution in [2.24, 2.45) is 5.92 Å². The predicted molar refractivity (Wildman–Crippen MR) is 83.2 cm³/mol. The molecule has 4 aliphatic rings. The monoisotopic (exact) mass is 293 g/mol. The molecule has 1 spiro atoms. The quantitative estimate of drug-likeness (QED) is 0.849. The van der Waals surface area contributed by atoms with Crippen LogP contribution in [0.5, 0.6) is 0 Å². The zero-order valence-electron chi connectivity index (χ0n) is 13.3. The van der Waals surface area contributed by atoms with Crippen LogP contribution in [0.2, 0.25) is 0 Å². The molecule has 2 heterocycles. The number of aliphatic hydroxyl groups is 1. The Kier molecular flexibility index (Phi) is 4.01. The third kappa shape index (κ3) is 2.66. The van der Waals surface area contributed by atoms with E-state index in [1.165, 1.54) is 70.8 Å². The first-order valence-electron chi connectivity index (χ1n) is 9.35. The van der Waals surface area contributed by atoms with Crippen LogP contribution in [0.4, 0.5) is 0 Å². The Balaban J connectivity index is 1.46. The number of nitrogens with zero attached hydrogens (tertiary/aromatic N) is 1. The molecule has 0 radical (unpaired) electrons. The van der Waals surface area contributed by atoms with Crippen molar-refractivity contribution >= 4 is 0 Å². The molecule has 1 N–H and O–H groups in total. The molecular weight excluding hydrogens is 262 g/mol. The van der Waals surface area contributed by atoms with E-state index in [1.54, 1.807) is 0 Å². The standard InChI is InChI=1S/C18H31NO2/c20-17-7-3-5-15(17)16-6-4-11-19(16)14-8-12-21-18(13-14)9-1-2-10-18/h14-17,20H,1-13H2. The normalized spacial score (nSPS) is 43.9. The Bertz CT molecular complexity index is 366. The molecule has 0 aromatic heterocycles. The summed E-state index contributed by atoms with van der Waals surface area (Å²) in [5, 5.41) is 10.3. The number of hydrogen-bond acceptors (Lipinski definition) is 3. The van der Waals surface area contributed by atoms with Crippen LogP contribution in [0.3, 0.4) is 0 Å². The fourth-order valence-corrected chi connectivity index (χ4v) is 5.80. The first-order chi connectivity index (χ1) is 10.3. The van der Waals surface area contributed by atoms with Crippen molar-refractivity contribution in [3.63, 3.8) is 0 Å². The molecule has 2 aliphatic carbocycles. The van der Waals surface area contributed by atoms with Crippen molar-refractivity contribution in [3.8, 4) is 0 Å². The number of aliphatic hydroxyl groups excluding tert-OH is 1. The van der Waals surface area contributed by atoms with Gasteiger partial charge in [-0.15, -0.1) is 0 Å². The van der Waals surface area contributed by atoms with Crippen molar-refractivity contribution in [2.75, 3.05) is 13.2 Å². The summed E-state index contributed by atoms with van der Waals surface area (Å²) in [6, 6.07) is 1.38. The van der Waals surface area contributed by atoms with Gasteiger partial charge in [0.1, 0.15) is 0 Å². The molecule has 2 saturated carbocycles. The minimum atomic E-state index is -0.0316. The van der Waals surface area contributed by atoms with Gasteiger partial charge in [0, 0.05) is 24.6 Å². The lowest BCUT2D eigenvalue weighted by Crippen LogP contribution is -2.51. The van der Waals surface area contributed by atoms with Gasteiger partial charge in [-0.05, 0) is 57.9 Å². The highest BCUT2D eigenvalue weighted by atomic mass is 16.5. The maximum Gasteiger partial charge on any atom is 0.0697 e. The smallest absolute Gasteiger partial charge is 0.0697 e. The summed E-state index contributed by atoms with van der Waals surface area (Å²) in [7, 11) is 0. The van der Waals surface area contributed by atoms with E-state index in [9.17, 15) is 5.11 Å². The van der Waals surface area contributed by atoms with Gasteiger partial charge in [0.2, 0.25) is 0 Å². The van der Waals surface area contributed by atoms with Crippen molar-refractivity contribution in [1.29, 1.82) is 0 Å². The molecule has 0 aromatic rings. The highest BCUT2D eigenvalue weighted by Crippen LogP contribution is 2.44. The van der Waals surface area contributed by atoms with Gasteiger partial charge in [0.05, 0.1) is 11.7 Å². The maximum absolute atomic E-state index is 10.3. The predicted octanol–water partition coefficient (Wildman–Crippen LogP) is 3.10.